The molecule has 2 atom stereocenters. The second kappa shape index (κ2) is 5.17. The molecule has 4 nitrogen and oxygen atoms in total. The van der Waals surface area contributed by atoms with Crippen molar-refractivity contribution in [1.29, 1.82) is 0 Å². The van der Waals surface area contributed by atoms with E-state index in [1.807, 2.05) is 0 Å². The molecule has 1 aromatic rings. The number of hydrogen-bond acceptors (Lipinski definition) is 3. The number of carbonyl (C=O) groups is 1. The molecule has 0 amide bonds. The van der Waals surface area contributed by atoms with Crippen LogP contribution in [0.25, 0.3) is 0 Å². The summed E-state index contributed by atoms with van der Waals surface area (Å²) < 4.78 is 0. The van der Waals surface area contributed by atoms with Crippen LogP contribution in [-0.4, -0.2) is 22.6 Å². The molecule has 1 heterocycles. The summed E-state index contributed by atoms with van der Waals surface area (Å²) in [5.41, 5.74) is 0.227. The van der Waals surface area contributed by atoms with E-state index in [1.165, 1.54) is 25.5 Å². The minimum absolute atomic E-state index is 0.227. The Bertz CT molecular complexity index is 389. The zero-order chi connectivity index (χ0) is 12.3. The molecular formula is C13H18N2O2. The second-order valence-electron chi connectivity index (χ2n) is 4.90. The lowest BCUT2D eigenvalue weighted by Crippen LogP contribution is -2.12. The number of nitrogens with one attached hydrogen (secondary N) is 1. The van der Waals surface area contributed by atoms with E-state index in [2.05, 4.69) is 17.2 Å². The van der Waals surface area contributed by atoms with Gasteiger partial charge in [0, 0.05) is 12.7 Å². The van der Waals surface area contributed by atoms with Gasteiger partial charge in [-0.25, -0.2) is 9.78 Å². The van der Waals surface area contributed by atoms with Crippen LogP contribution in [0.1, 0.15) is 36.5 Å². The Hall–Kier alpha value is -1.58. The highest BCUT2D eigenvalue weighted by Crippen LogP contribution is 2.30. The first-order valence-corrected chi connectivity index (χ1v) is 6.08. The zero-order valence-electron chi connectivity index (χ0n) is 10.0. The number of carboxylic acid groups (broad SMARTS) is 1. The minimum atomic E-state index is -0.936. The van der Waals surface area contributed by atoms with Crippen molar-refractivity contribution in [2.24, 2.45) is 11.8 Å². The first-order valence-electron chi connectivity index (χ1n) is 6.08. The van der Waals surface area contributed by atoms with E-state index in [4.69, 9.17) is 5.11 Å². The van der Waals surface area contributed by atoms with Gasteiger partial charge in [-0.15, -0.1) is 0 Å². The number of aromatic nitrogens is 1. The topological polar surface area (TPSA) is 62.2 Å². The van der Waals surface area contributed by atoms with Gasteiger partial charge in [-0.05, 0) is 36.8 Å². The summed E-state index contributed by atoms with van der Waals surface area (Å²) in [6.07, 6.45) is 5.27. The van der Waals surface area contributed by atoms with Crippen molar-refractivity contribution in [3.05, 3.63) is 23.9 Å². The highest BCUT2D eigenvalue weighted by Gasteiger charge is 2.20. The monoisotopic (exact) mass is 234 g/mol. The van der Waals surface area contributed by atoms with Crippen molar-refractivity contribution in [3.8, 4) is 0 Å². The Kier molecular flexibility index (Phi) is 3.61. The van der Waals surface area contributed by atoms with Gasteiger partial charge in [-0.1, -0.05) is 13.3 Å². The number of carboxylic acids is 1. The van der Waals surface area contributed by atoms with Crippen LogP contribution < -0.4 is 5.32 Å². The molecule has 0 spiro atoms. The van der Waals surface area contributed by atoms with Crippen LogP contribution in [-0.2, 0) is 0 Å². The highest BCUT2D eigenvalue weighted by atomic mass is 16.4. The maximum absolute atomic E-state index is 10.7. The van der Waals surface area contributed by atoms with Crippen LogP contribution in [0.5, 0.6) is 0 Å². The van der Waals surface area contributed by atoms with E-state index in [1.54, 1.807) is 12.1 Å². The number of hydrogen-bond donors (Lipinski definition) is 2. The van der Waals surface area contributed by atoms with Gasteiger partial charge in [0.05, 0.1) is 5.56 Å². The van der Waals surface area contributed by atoms with Crippen LogP contribution in [0.15, 0.2) is 18.3 Å². The largest absolute Gasteiger partial charge is 0.478 e. The van der Waals surface area contributed by atoms with Crippen molar-refractivity contribution < 1.29 is 9.90 Å². The standard InChI is InChI=1S/C13H18N2O2/c1-9-2-3-10(6-9)7-14-12-5-4-11(8-15-12)13(16)17/h4-5,8-10H,2-3,6-7H2,1H3,(H,14,15)(H,16,17). The fraction of sp³-hybridized carbons (Fsp3) is 0.538. The van der Waals surface area contributed by atoms with Crippen LogP contribution in [0.3, 0.4) is 0 Å². The molecule has 0 radical (unpaired) electrons. The molecule has 0 saturated heterocycles. The van der Waals surface area contributed by atoms with Crippen LogP contribution in [0.2, 0.25) is 0 Å². The maximum atomic E-state index is 10.7. The van der Waals surface area contributed by atoms with Crippen molar-refractivity contribution in [2.75, 3.05) is 11.9 Å². The Morgan fingerprint density at radius 3 is 2.88 bits per heavy atom. The fourth-order valence-corrected chi connectivity index (χ4v) is 2.38. The maximum Gasteiger partial charge on any atom is 0.337 e. The van der Waals surface area contributed by atoms with Gasteiger partial charge in [0.1, 0.15) is 5.82 Å². The van der Waals surface area contributed by atoms with Gasteiger partial charge >= 0.3 is 5.97 Å². The Balaban J connectivity index is 1.85. The third-order valence-electron chi connectivity index (χ3n) is 3.39. The van der Waals surface area contributed by atoms with Crippen molar-refractivity contribution in [2.45, 2.75) is 26.2 Å². The summed E-state index contributed by atoms with van der Waals surface area (Å²) in [6, 6.07) is 3.30. The van der Waals surface area contributed by atoms with Gasteiger partial charge in [-0.3, -0.25) is 0 Å². The molecule has 1 aliphatic rings. The summed E-state index contributed by atoms with van der Waals surface area (Å²) in [6.45, 7) is 3.23. The van der Waals surface area contributed by atoms with Gasteiger partial charge in [0.15, 0.2) is 0 Å². The first kappa shape index (κ1) is 11.9. The average molecular weight is 234 g/mol. The molecule has 4 heteroatoms. The van der Waals surface area contributed by atoms with E-state index in [9.17, 15) is 4.79 Å². The summed E-state index contributed by atoms with van der Waals surface area (Å²) in [7, 11) is 0. The number of pyridine rings is 1. The SMILES string of the molecule is CC1CCC(CNc2ccc(C(=O)O)cn2)C1. The van der Waals surface area contributed by atoms with Crippen molar-refractivity contribution in [1.82, 2.24) is 4.98 Å². The lowest BCUT2D eigenvalue weighted by molar-refractivity contribution is 0.0696. The Morgan fingerprint density at radius 1 is 1.53 bits per heavy atom. The van der Waals surface area contributed by atoms with E-state index in [0.717, 1.165) is 24.2 Å². The zero-order valence-corrected chi connectivity index (χ0v) is 10.0. The Morgan fingerprint density at radius 2 is 2.35 bits per heavy atom. The van der Waals surface area contributed by atoms with Crippen LogP contribution >= 0.6 is 0 Å². The van der Waals surface area contributed by atoms with E-state index in [0.29, 0.717) is 0 Å². The van der Waals surface area contributed by atoms with Crippen LogP contribution in [0.4, 0.5) is 5.82 Å². The normalized spacial score (nSPS) is 23.6. The lowest BCUT2D eigenvalue weighted by atomic mass is 10.1. The molecular weight excluding hydrogens is 216 g/mol. The summed E-state index contributed by atoms with van der Waals surface area (Å²) in [4.78, 5) is 14.7. The van der Waals surface area contributed by atoms with E-state index >= 15 is 0 Å². The molecule has 1 aliphatic carbocycles. The van der Waals surface area contributed by atoms with Crippen molar-refractivity contribution >= 4 is 11.8 Å². The van der Waals surface area contributed by atoms with Gasteiger partial charge in [0.25, 0.3) is 0 Å². The molecule has 1 saturated carbocycles. The highest BCUT2D eigenvalue weighted by molar-refractivity contribution is 5.87. The smallest absolute Gasteiger partial charge is 0.337 e. The van der Waals surface area contributed by atoms with E-state index < -0.39 is 5.97 Å². The number of aromatic carboxylic acids is 1. The predicted molar refractivity (Wildman–Crippen MR) is 66.2 cm³/mol. The van der Waals surface area contributed by atoms with E-state index in [-0.39, 0.29) is 5.56 Å². The Labute approximate surface area is 101 Å². The van der Waals surface area contributed by atoms with Gasteiger partial charge in [-0.2, -0.15) is 0 Å². The predicted octanol–water partition coefficient (Wildman–Crippen LogP) is 2.63. The minimum Gasteiger partial charge on any atom is -0.478 e. The molecule has 0 bridgehead atoms. The number of anilines is 1. The first-order chi connectivity index (χ1) is 8.15. The van der Waals surface area contributed by atoms with Crippen LogP contribution in [0, 0.1) is 11.8 Å². The summed E-state index contributed by atoms with van der Waals surface area (Å²) >= 11 is 0. The molecule has 0 aromatic carbocycles. The average Bonchev–Trinajstić information content (AvgIpc) is 2.73. The third kappa shape index (κ3) is 3.19. The summed E-state index contributed by atoms with van der Waals surface area (Å²) in [5, 5.41) is 12.0. The van der Waals surface area contributed by atoms with Crippen molar-refractivity contribution in [3.63, 3.8) is 0 Å². The molecule has 92 valence electrons. The molecule has 2 rings (SSSR count). The molecule has 0 aliphatic heterocycles. The number of nitrogens with zero attached hydrogens (tertiary/aromatic N) is 1. The molecule has 2 unspecified atom stereocenters. The second-order valence-corrected chi connectivity index (χ2v) is 4.90. The quantitative estimate of drug-likeness (QED) is 0.840. The number of rotatable bonds is 4. The summed E-state index contributed by atoms with van der Waals surface area (Å²) in [5.74, 6) is 1.39. The third-order valence-corrected chi connectivity index (χ3v) is 3.39. The molecule has 2 N–H and O–H groups in total. The lowest BCUT2D eigenvalue weighted by Gasteiger charge is -2.11. The molecule has 1 fully saturated rings. The van der Waals surface area contributed by atoms with Gasteiger partial charge < -0.3 is 10.4 Å². The molecule has 1 aromatic heterocycles. The van der Waals surface area contributed by atoms with Gasteiger partial charge in [0.2, 0.25) is 0 Å². The molecule has 17 heavy (non-hydrogen) atoms. The fourth-order valence-electron chi connectivity index (χ4n) is 2.38.